The fourth-order valence-electron chi connectivity index (χ4n) is 0.571. The lowest BCUT2D eigenvalue weighted by atomic mass is 10.3. The predicted octanol–water partition coefficient (Wildman–Crippen LogP) is -0.361. The van der Waals surface area contributed by atoms with E-state index in [1.807, 2.05) is 0 Å². The molecule has 52 valence electrons. The molecule has 5 nitrogen and oxygen atoms in total. The maximum Gasteiger partial charge on any atom is 0.137 e. The molecule has 0 unspecified atom stereocenters. The van der Waals surface area contributed by atoms with Gasteiger partial charge in [-0.25, -0.2) is 9.97 Å². The summed E-state index contributed by atoms with van der Waals surface area (Å²) in [5, 5.41) is 6.86. The van der Waals surface area contributed by atoms with E-state index in [0.717, 1.165) is 6.21 Å². The van der Waals surface area contributed by atoms with Gasteiger partial charge in [0.05, 0.1) is 5.56 Å². The van der Waals surface area contributed by atoms with Crippen LogP contribution in [-0.2, 0) is 0 Å². The van der Waals surface area contributed by atoms with Crippen LogP contribution in [0, 0.1) is 5.41 Å². The van der Waals surface area contributed by atoms with E-state index in [-0.39, 0.29) is 11.6 Å². The summed E-state index contributed by atoms with van der Waals surface area (Å²) in [5.41, 5.74) is 11.1. The van der Waals surface area contributed by atoms with Gasteiger partial charge < -0.3 is 16.9 Å². The molecule has 1 aromatic heterocycles. The molecule has 5 N–H and O–H groups in total. The van der Waals surface area contributed by atoms with Gasteiger partial charge in [0.1, 0.15) is 18.0 Å². The third-order valence-electron chi connectivity index (χ3n) is 1.09. The average Bonchev–Trinajstić information content (AvgIpc) is 1.88. The molecular formula is C5H7N5. The first-order chi connectivity index (χ1) is 4.75. The van der Waals surface area contributed by atoms with E-state index in [9.17, 15) is 0 Å². The highest BCUT2D eigenvalue weighted by atomic mass is 15.0. The Morgan fingerprint density at radius 2 is 1.80 bits per heavy atom. The summed E-state index contributed by atoms with van der Waals surface area (Å²) < 4.78 is 0. The fraction of sp³-hybridized carbons (Fsp3) is 0. The minimum Gasteiger partial charge on any atom is -0.383 e. The number of nitrogens with zero attached hydrogens (tertiary/aromatic N) is 2. The molecule has 0 aliphatic rings. The van der Waals surface area contributed by atoms with Gasteiger partial charge in [-0.1, -0.05) is 0 Å². The number of hydrogen-bond donors (Lipinski definition) is 3. The maximum absolute atomic E-state index is 6.86. The highest BCUT2D eigenvalue weighted by Crippen LogP contribution is 2.08. The summed E-state index contributed by atoms with van der Waals surface area (Å²) in [6.07, 6.45) is 2.29. The second-order valence-corrected chi connectivity index (χ2v) is 1.70. The van der Waals surface area contributed by atoms with Crippen LogP contribution in [-0.4, -0.2) is 16.2 Å². The first-order valence-corrected chi connectivity index (χ1v) is 2.62. The molecule has 0 saturated carbocycles. The van der Waals surface area contributed by atoms with Gasteiger partial charge in [-0.15, -0.1) is 0 Å². The smallest absolute Gasteiger partial charge is 0.137 e. The van der Waals surface area contributed by atoms with Crippen LogP contribution in [0.4, 0.5) is 11.6 Å². The predicted molar refractivity (Wildman–Crippen MR) is 38.7 cm³/mol. The number of anilines is 2. The fourth-order valence-corrected chi connectivity index (χ4v) is 0.571. The Labute approximate surface area is 57.6 Å². The van der Waals surface area contributed by atoms with Crippen molar-refractivity contribution in [2.75, 3.05) is 11.5 Å². The molecule has 0 fully saturated rings. The van der Waals surface area contributed by atoms with Crippen LogP contribution < -0.4 is 11.5 Å². The number of hydrogen-bond acceptors (Lipinski definition) is 5. The van der Waals surface area contributed by atoms with Gasteiger partial charge in [0.15, 0.2) is 0 Å². The standard InChI is InChI=1S/C5H7N5/c6-1-3-4(7)9-2-10-5(3)8/h1-2,6H,(H4,7,8,9,10). The summed E-state index contributed by atoms with van der Waals surface area (Å²) in [6, 6.07) is 0. The highest BCUT2D eigenvalue weighted by Gasteiger charge is 2.00. The number of nitrogens with two attached hydrogens (primary N) is 2. The van der Waals surface area contributed by atoms with E-state index in [1.54, 1.807) is 0 Å². The molecule has 1 rings (SSSR count). The Balaban J connectivity index is 3.30. The first kappa shape index (κ1) is 6.47. The van der Waals surface area contributed by atoms with E-state index in [2.05, 4.69) is 9.97 Å². The zero-order valence-corrected chi connectivity index (χ0v) is 5.20. The second kappa shape index (κ2) is 2.30. The van der Waals surface area contributed by atoms with Crippen LogP contribution in [0.2, 0.25) is 0 Å². The molecule has 0 aliphatic heterocycles. The Bertz CT molecular complexity index is 236. The Morgan fingerprint density at radius 1 is 1.30 bits per heavy atom. The van der Waals surface area contributed by atoms with E-state index in [0.29, 0.717) is 5.56 Å². The van der Waals surface area contributed by atoms with E-state index in [4.69, 9.17) is 16.9 Å². The van der Waals surface area contributed by atoms with Gasteiger partial charge in [-0.3, -0.25) is 0 Å². The van der Waals surface area contributed by atoms with Gasteiger partial charge in [0.25, 0.3) is 0 Å². The van der Waals surface area contributed by atoms with E-state index < -0.39 is 0 Å². The lowest BCUT2D eigenvalue weighted by molar-refractivity contribution is 1.18. The molecular weight excluding hydrogens is 130 g/mol. The van der Waals surface area contributed by atoms with Gasteiger partial charge in [-0.2, -0.15) is 0 Å². The van der Waals surface area contributed by atoms with Crippen molar-refractivity contribution in [3.63, 3.8) is 0 Å². The number of aromatic nitrogens is 2. The molecule has 1 aromatic rings. The summed E-state index contributed by atoms with van der Waals surface area (Å²) in [7, 11) is 0. The molecule has 0 aromatic carbocycles. The molecule has 0 amide bonds. The second-order valence-electron chi connectivity index (χ2n) is 1.70. The summed E-state index contributed by atoms with van der Waals surface area (Å²) in [4.78, 5) is 7.29. The van der Waals surface area contributed by atoms with Gasteiger partial charge in [0, 0.05) is 6.21 Å². The molecule has 0 spiro atoms. The molecule has 0 bridgehead atoms. The Kier molecular flexibility index (Phi) is 1.49. The molecule has 0 radical (unpaired) electrons. The summed E-state index contributed by atoms with van der Waals surface area (Å²) in [6.45, 7) is 0. The SMILES string of the molecule is N=Cc1c(N)ncnc1N. The van der Waals surface area contributed by atoms with Crippen molar-refractivity contribution < 1.29 is 0 Å². The van der Waals surface area contributed by atoms with Crippen molar-refractivity contribution in [3.05, 3.63) is 11.9 Å². The average molecular weight is 137 g/mol. The lowest BCUT2D eigenvalue weighted by Crippen LogP contribution is -2.03. The Hall–Kier alpha value is -1.65. The van der Waals surface area contributed by atoms with Crippen molar-refractivity contribution in [2.45, 2.75) is 0 Å². The van der Waals surface area contributed by atoms with Gasteiger partial charge in [0.2, 0.25) is 0 Å². The van der Waals surface area contributed by atoms with Gasteiger partial charge in [-0.05, 0) is 0 Å². The van der Waals surface area contributed by atoms with Crippen LogP contribution in [0.25, 0.3) is 0 Å². The molecule has 0 atom stereocenters. The van der Waals surface area contributed by atoms with Crippen molar-refractivity contribution >= 4 is 17.9 Å². The third-order valence-corrected chi connectivity index (χ3v) is 1.09. The largest absolute Gasteiger partial charge is 0.383 e. The van der Waals surface area contributed by atoms with Crippen molar-refractivity contribution in [1.82, 2.24) is 9.97 Å². The minimum absolute atomic E-state index is 0.238. The van der Waals surface area contributed by atoms with Crippen LogP contribution in [0.1, 0.15) is 5.56 Å². The van der Waals surface area contributed by atoms with Crippen LogP contribution in [0.3, 0.4) is 0 Å². The van der Waals surface area contributed by atoms with Crippen LogP contribution in [0.15, 0.2) is 6.33 Å². The normalized spacial score (nSPS) is 9.20. The zero-order chi connectivity index (χ0) is 7.56. The molecule has 10 heavy (non-hydrogen) atoms. The number of nitrogen functional groups attached to an aromatic ring is 2. The monoisotopic (exact) mass is 137 g/mol. The van der Waals surface area contributed by atoms with Crippen molar-refractivity contribution in [1.29, 1.82) is 5.41 Å². The molecule has 1 heterocycles. The number of rotatable bonds is 1. The summed E-state index contributed by atoms with van der Waals surface area (Å²) >= 11 is 0. The van der Waals surface area contributed by atoms with E-state index >= 15 is 0 Å². The van der Waals surface area contributed by atoms with Crippen LogP contribution >= 0.6 is 0 Å². The Morgan fingerprint density at radius 3 is 2.10 bits per heavy atom. The molecule has 0 aliphatic carbocycles. The number of nitrogens with one attached hydrogen (secondary N) is 1. The minimum atomic E-state index is 0.238. The highest BCUT2D eigenvalue weighted by molar-refractivity contribution is 5.88. The summed E-state index contributed by atoms with van der Waals surface area (Å²) in [5.74, 6) is 0.477. The lowest BCUT2D eigenvalue weighted by Gasteiger charge is -1.98. The van der Waals surface area contributed by atoms with Crippen molar-refractivity contribution in [3.8, 4) is 0 Å². The molecule has 0 saturated heterocycles. The van der Waals surface area contributed by atoms with Crippen LogP contribution in [0.5, 0.6) is 0 Å². The van der Waals surface area contributed by atoms with E-state index in [1.165, 1.54) is 6.33 Å². The topological polar surface area (TPSA) is 102 Å². The van der Waals surface area contributed by atoms with Gasteiger partial charge >= 0.3 is 0 Å². The maximum atomic E-state index is 6.86. The molecule has 5 heteroatoms. The zero-order valence-electron chi connectivity index (χ0n) is 5.20. The third kappa shape index (κ3) is 0.883. The first-order valence-electron chi connectivity index (χ1n) is 2.62. The van der Waals surface area contributed by atoms with Crippen molar-refractivity contribution in [2.24, 2.45) is 0 Å². The quantitative estimate of drug-likeness (QED) is 0.460.